The minimum Gasteiger partial charge on any atom is -0.386 e. The first kappa shape index (κ1) is 40.8. The van der Waals surface area contributed by atoms with Gasteiger partial charge in [0.25, 0.3) is 0 Å². The van der Waals surface area contributed by atoms with Crippen LogP contribution in [0.15, 0.2) is 42.2 Å². The molecule has 0 aliphatic heterocycles. The highest BCUT2D eigenvalue weighted by molar-refractivity contribution is 5.02. The first-order valence-electron chi connectivity index (χ1n) is 18.1. The van der Waals surface area contributed by atoms with Crippen molar-refractivity contribution in [2.24, 2.45) is 5.73 Å². The average Bonchev–Trinajstić information content (AvgIpc) is 3.00. The van der Waals surface area contributed by atoms with E-state index in [1.54, 1.807) is 0 Å². The maximum Gasteiger partial charge on any atom is 0.184 e. The molecule has 0 amide bonds. The van der Waals surface area contributed by atoms with Crippen molar-refractivity contribution in [3.8, 4) is 0 Å². The van der Waals surface area contributed by atoms with Crippen LogP contribution in [0.4, 0.5) is 0 Å². The molecule has 0 bridgehead atoms. The van der Waals surface area contributed by atoms with Gasteiger partial charge in [0.15, 0.2) is 6.29 Å². The van der Waals surface area contributed by atoms with Crippen LogP contribution in [0.1, 0.15) is 168 Å². The lowest BCUT2D eigenvalue weighted by atomic mass is 10.1. The maximum atomic E-state index is 10.2. The van der Waals surface area contributed by atoms with E-state index in [1.165, 1.54) is 128 Å². The molecule has 4 heteroatoms. The Hall–Kier alpha value is -1.16. The molecular weight excluding hydrogens is 518 g/mol. The molecule has 0 aromatic rings. The molecule has 0 rings (SSSR count). The number of hydrogen-bond donors (Lipinski definition) is 2. The molecule has 0 spiro atoms. The van der Waals surface area contributed by atoms with Gasteiger partial charge in [-0.05, 0) is 76.4 Å². The number of unbranched alkanes of at least 4 members (excludes halogenated alkanes) is 20. The second-order valence-electron chi connectivity index (χ2n) is 11.9. The van der Waals surface area contributed by atoms with E-state index in [-0.39, 0.29) is 6.54 Å². The van der Waals surface area contributed by atoms with E-state index in [0.717, 1.165) is 25.7 Å². The largest absolute Gasteiger partial charge is 0.386 e. The van der Waals surface area contributed by atoms with Crippen LogP contribution in [-0.4, -0.2) is 37.3 Å². The van der Waals surface area contributed by atoms with Gasteiger partial charge in [0.1, 0.15) is 6.10 Å². The van der Waals surface area contributed by atoms with Gasteiger partial charge >= 0.3 is 0 Å². The SMILES string of the molecule is CCCCC/C=C\C=C=CCCCCCCCCOC(OCCCCCCCC/C=C\CCCCCCC)C(O)CN. The number of rotatable bonds is 33. The average molecular weight is 590 g/mol. The first-order chi connectivity index (χ1) is 20.8. The van der Waals surface area contributed by atoms with Gasteiger partial charge in [0.2, 0.25) is 0 Å². The van der Waals surface area contributed by atoms with Gasteiger partial charge in [-0.2, -0.15) is 0 Å². The molecule has 0 aromatic carbocycles. The van der Waals surface area contributed by atoms with Gasteiger partial charge in [-0.3, -0.25) is 0 Å². The lowest BCUT2D eigenvalue weighted by Gasteiger charge is -2.22. The normalized spacial score (nSPS) is 13.1. The number of nitrogens with two attached hydrogens (primary N) is 1. The fraction of sp³-hybridized carbons (Fsp3) is 0.816. The molecule has 0 heterocycles. The summed E-state index contributed by atoms with van der Waals surface area (Å²) in [7, 11) is 0. The molecule has 2 unspecified atom stereocenters. The summed E-state index contributed by atoms with van der Waals surface area (Å²) in [6.45, 7) is 5.92. The zero-order valence-corrected chi connectivity index (χ0v) is 28.1. The summed E-state index contributed by atoms with van der Waals surface area (Å²) in [6, 6.07) is 0. The Balaban J connectivity index is 3.63. The molecule has 4 nitrogen and oxygen atoms in total. The number of hydrogen-bond acceptors (Lipinski definition) is 4. The lowest BCUT2D eigenvalue weighted by Crippen LogP contribution is -2.38. The minimum atomic E-state index is -0.756. The molecule has 0 saturated heterocycles. The molecule has 42 heavy (non-hydrogen) atoms. The number of allylic oxidation sites excluding steroid dienone is 5. The van der Waals surface area contributed by atoms with Crippen molar-refractivity contribution in [3.63, 3.8) is 0 Å². The summed E-state index contributed by atoms with van der Waals surface area (Å²) in [6.07, 6.45) is 41.9. The highest BCUT2D eigenvalue weighted by Crippen LogP contribution is 2.12. The van der Waals surface area contributed by atoms with Crippen LogP contribution < -0.4 is 5.73 Å². The van der Waals surface area contributed by atoms with Gasteiger partial charge in [0, 0.05) is 19.8 Å². The molecule has 246 valence electrons. The van der Waals surface area contributed by atoms with Crippen LogP contribution in [-0.2, 0) is 9.47 Å². The summed E-state index contributed by atoms with van der Waals surface area (Å²) < 4.78 is 11.7. The zero-order chi connectivity index (χ0) is 30.6. The topological polar surface area (TPSA) is 64.7 Å². The summed E-state index contributed by atoms with van der Waals surface area (Å²) >= 11 is 0. The predicted molar refractivity (Wildman–Crippen MR) is 184 cm³/mol. The van der Waals surface area contributed by atoms with Crippen LogP contribution in [0.2, 0.25) is 0 Å². The Morgan fingerprint density at radius 3 is 1.55 bits per heavy atom. The van der Waals surface area contributed by atoms with Crippen molar-refractivity contribution < 1.29 is 14.6 Å². The smallest absolute Gasteiger partial charge is 0.184 e. The molecule has 0 aromatic heterocycles. The summed E-state index contributed by atoms with van der Waals surface area (Å²) in [5, 5.41) is 10.2. The Kier molecular flexibility index (Phi) is 35.0. The lowest BCUT2D eigenvalue weighted by molar-refractivity contribution is -0.192. The molecule has 0 fully saturated rings. The van der Waals surface area contributed by atoms with E-state index in [2.05, 4.69) is 50.0 Å². The first-order valence-corrected chi connectivity index (χ1v) is 18.1. The molecule has 0 aliphatic carbocycles. The number of ether oxygens (including phenoxy) is 2. The van der Waals surface area contributed by atoms with Crippen LogP contribution in [0, 0.1) is 0 Å². The van der Waals surface area contributed by atoms with Crippen LogP contribution in [0.5, 0.6) is 0 Å². The van der Waals surface area contributed by atoms with Gasteiger partial charge in [-0.1, -0.05) is 128 Å². The Bertz CT molecular complexity index is 638. The van der Waals surface area contributed by atoms with Gasteiger partial charge < -0.3 is 20.3 Å². The Morgan fingerprint density at radius 1 is 0.571 bits per heavy atom. The Labute approximate surface area is 262 Å². The van der Waals surface area contributed by atoms with Crippen LogP contribution in [0.25, 0.3) is 0 Å². The zero-order valence-electron chi connectivity index (χ0n) is 28.1. The van der Waals surface area contributed by atoms with E-state index >= 15 is 0 Å². The van der Waals surface area contributed by atoms with E-state index in [4.69, 9.17) is 15.2 Å². The third-order valence-electron chi connectivity index (χ3n) is 7.69. The van der Waals surface area contributed by atoms with E-state index in [0.29, 0.717) is 13.2 Å². The van der Waals surface area contributed by atoms with Crippen LogP contribution in [0.3, 0.4) is 0 Å². The molecule has 2 atom stereocenters. The van der Waals surface area contributed by atoms with E-state index in [1.807, 2.05) is 6.08 Å². The second-order valence-corrected chi connectivity index (χ2v) is 11.9. The third kappa shape index (κ3) is 31.8. The van der Waals surface area contributed by atoms with E-state index in [9.17, 15) is 5.11 Å². The van der Waals surface area contributed by atoms with Crippen molar-refractivity contribution in [3.05, 3.63) is 42.2 Å². The fourth-order valence-electron chi connectivity index (χ4n) is 4.89. The minimum absolute atomic E-state index is 0.164. The second kappa shape index (κ2) is 36.0. The highest BCUT2D eigenvalue weighted by Gasteiger charge is 2.18. The molecule has 0 radical (unpaired) electrons. The monoisotopic (exact) mass is 590 g/mol. The van der Waals surface area contributed by atoms with Crippen molar-refractivity contribution in [2.75, 3.05) is 19.8 Å². The number of aliphatic hydroxyl groups excluding tert-OH is 1. The predicted octanol–water partition coefficient (Wildman–Crippen LogP) is 10.9. The summed E-state index contributed by atoms with van der Waals surface area (Å²) in [5.41, 5.74) is 8.94. The number of aliphatic hydroxyl groups is 1. The van der Waals surface area contributed by atoms with E-state index < -0.39 is 12.4 Å². The molecular formula is C38H71NO3. The molecule has 0 saturated carbocycles. The third-order valence-corrected chi connectivity index (χ3v) is 7.69. The fourth-order valence-corrected chi connectivity index (χ4v) is 4.89. The van der Waals surface area contributed by atoms with Crippen molar-refractivity contribution in [1.29, 1.82) is 0 Å². The Morgan fingerprint density at radius 2 is 1.00 bits per heavy atom. The maximum absolute atomic E-state index is 10.2. The van der Waals surface area contributed by atoms with Crippen LogP contribution >= 0.6 is 0 Å². The van der Waals surface area contributed by atoms with Crippen molar-refractivity contribution in [1.82, 2.24) is 0 Å². The summed E-state index contributed by atoms with van der Waals surface area (Å²) in [4.78, 5) is 0. The van der Waals surface area contributed by atoms with Gasteiger partial charge in [-0.15, -0.1) is 5.73 Å². The summed E-state index contributed by atoms with van der Waals surface area (Å²) in [5.74, 6) is 0. The standard InChI is InChI=1S/C38H71NO3/c1-3-5-7-9-11-13-15-17-19-21-23-25-27-29-31-33-35-42-38(37(40)36-39)41-34-32-30-28-26-24-22-20-18-16-14-12-10-8-6-4-2/h11,13,15-16,18-19,37-38,40H,3-10,12,14,20-36,39H2,1-2H3/b13-11-,18-16-. The highest BCUT2D eigenvalue weighted by atomic mass is 16.7. The molecule has 3 N–H and O–H groups in total. The molecule has 0 aliphatic rings. The quantitative estimate of drug-likeness (QED) is 0.0263. The van der Waals surface area contributed by atoms with Crippen molar-refractivity contribution >= 4 is 0 Å². The van der Waals surface area contributed by atoms with Gasteiger partial charge in [0.05, 0.1) is 0 Å². The van der Waals surface area contributed by atoms with Crippen molar-refractivity contribution in [2.45, 2.75) is 180 Å². The van der Waals surface area contributed by atoms with Gasteiger partial charge in [-0.25, -0.2) is 0 Å².